The van der Waals surface area contributed by atoms with Crippen LogP contribution in [0.25, 0.3) is 0 Å². The van der Waals surface area contributed by atoms with E-state index in [1.54, 1.807) is 0 Å². The summed E-state index contributed by atoms with van der Waals surface area (Å²) in [6.45, 7) is 0. The molecular formula is C12H8Cl2F4O2. The lowest BCUT2D eigenvalue weighted by molar-refractivity contribution is -0.142. The average molecular weight is 331 g/mol. The Kier molecular flexibility index (Phi) is 3.67. The lowest BCUT2D eigenvalue weighted by Gasteiger charge is -2.10. The summed E-state index contributed by atoms with van der Waals surface area (Å²) >= 11 is 11.8. The van der Waals surface area contributed by atoms with Crippen LogP contribution in [0.5, 0.6) is 0 Å². The highest BCUT2D eigenvalue weighted by Gasteiger charge is 2.68. The van der Waals surface area contributed by atoms with Crippen LogP contribution in [0.4, 0.5) is 17.6 Å². The largest absolute Gasteiger partial charge is 0.469 e. The molecule has 2 unspecified atom stereocenters. The minimum atomic E-state index is -4.84. The van der Waals surface area contributed by atoms with Crippen LogP contribution in [-0.2, 0) is 15.7 Å². The van der Waals surface area contributed by atoms with Crippen molar-refractivity contribution in [1.82, 2.24) is 0 Å². The molecule has 0 spiro atoms. The number of methoxy groups -OCH3 is 1. The van der Waals surface area contributed by atoms with Crippen LogP contribution in [0.2, 0.25) is 0 Å². The zero-order chi connectivity index (χ0) is 15.3. The molecule has 110 valence electrons. The summed E-state index contributed by atoms with van der Waals surface area (Å²) in [5, 5.41) is 0. The number of alkyl halides is 5. The molecule has 2 nitrogen and oxygen atoms in total. The highest BCUT2D eigenvalue weighted by molar-refractivity contribution is 6.53. The molecule has 0 saturated heterocycles. The molecule has 20 heavy (non-hydrogen) atoms. The van der Waals surface area contributed by atoms with Gasteiger partial charge in [0.05, 0.1) is 12.7 Å². The first-order valence-electron chi connectivity index (χ1n) is 5.43. The molecule has 2 atom stereocenters. The molecule has 1 saturated carbocycles. The molecule has 0 amide bonds. The van der Waals surface area contributed by atoms with E-state index in [9.17, 15) is 22.4 Å². The van der Waals surface area contributed by atoms with Crippen molar-refractivity contribution in [3.8, 4) is 0 Å². The van der Waals surface area contributed by atoms with Gasteiger partial charge in [-0.05, 0) is 17.7 Å². The summed E-state index contributed by atoms with van der Waals surface area (Å²) in [4.78, 5) is 11.4. The first-order valence-corrected chi connectivity index (χ1v) is 6.18. The zero-order valence-corrected chi connectivity index (χ0v) is 11.5. The second kappa shape index (κ2) is 4.77. The number of benzene rings is 1. The Morgan fingerprint density at radius 2 is 1.95 bits per heavy atom. The third-order valence-electron chi connectivity index (χ3n) is 3.16. The van der Waals surface area contributed by atoms with Gasteiger partial charge in [-0.1, -0.05) is 29.3 Å². The van der Waals surface area contributed by atoms with Crippen LogP contribution in [-0.4, -0.2) is 17.4 Å². The van der Waals surface area contributed by atoms with Crippen molar-refractivity contribution < 1.29 is 27.1 Å². The Morgan fingerprint density at radius 1 is 1.35 bits per heavy atom. The van der Waals surface area contributed by atoms with Gasteiger partial charge in [0.1, 0.15) is 16.1 Å². The average Bonchev–Trinajstić information content (AvgIpc) is 2.90. The van der Waals surface area contributed by atoms with Crippen molar-refractivity contribution >= 4 is 29.2 Å². The Morgan fingerprint density at radius 3 is 2.45 bits per heavy atom. The number of carbonyl (C=O) groups excluding carboxylic acids is 1. The van der Waals surface area contributed by atoms with Crippen LogP contribution in [0.1, 0.15) is 17.0 Å². The van der Waals surface area contributed by atoms with Crippen molar-refractivity contribution in [2.75, 3.05) is 7.11 Å². The second-order valence-electron chi connectivity index (χ2n) is 4.39. The van der Waals surface area contributed by atoms with Gasteiger partial charge in [0.15, 0.2) is 0 Å². The molecule has 0 aromatic heterocycles. The molecular weight excluding hydrogens is 323 g/mol. The molecule has 0 bridgehead atoms. The van der Waals surface area contributed by atoms with Crippen molar-refractivity contribution in [2.24, 2.45) is 5.92 Å². The molecule has 0 aliphatic heterocycles. The van der Waals surface area contributed by atoms with Crippen LogP contribution in [0, 0.1) is 11.7 Å². The van der Waals surface area contributed by atoms with E-state index in [-0.39, 0.29) is 5.56 Å². The number of carbonyl (C=O) groups is 1. The zero-order valence-electron chi connectivity index (χ0n) is 9.97. The standard InChI is InChI=1S/C12H8Cl2F4O2/c1-20-10(19)9-8(11(9,13)14)5-2-3-7(15)6(4-5)12(16,17)18/h2-4,8-9H,1H3. The van der Waals surface area contributed by atoms with Crippen LogP contribution < -0.4 is 0 Å². The van der Waals surface area contributed by atoms with Gasteiger partial charge in [0, 0.05) is 5.92 Å². The Bertz CT molecular complexity index is 557. The lowest BCUT2D eigenvalue weighted by Crippen LogP contribution is -2.09. The van der Waals surface area contributed by atoms with Crippen molar-refractivity contribution in [2.45, 2.75) is 16.4 Å². The van der Waals surface area contributed by atoms with Gasteiger partial charge in [-0.3, -0.25) is 4.79 Å². The maximum absolute atomic E-state index is 13.2. The van der Waals surface area contributed by atoms with Crippen LogP contribution in [0.15, 0.2) is 18.2 Å². The normalized spacial score (nSPS) is 24.4. The highest BCUT2D eigenvalue weighted by Crippen LogP contribution is 2.65. The molecule has 1 aliphatic carbocycles. The maximum Gasteiger partial charge on any atom is 0.419 e. The summed E-state index contributed by atoms with van der Waals surface area (Å²) < 4.78 is 54.0. The van der Waals surface area contributed by atoms with Crippen molar-refractivity contribution in [1.29, 1.82) is 0 Å². The van der Waals surface area contributed by atoms with Gasteiger partial charge >= 0.3 is 12.1 Å². The predicted molar refractivity (Wildman–Crippen MR) is 64.1 cm³/mol. The molecule has 8 heteroatoms. The molecule has 0 heterocycles. The van der Waals surface area contributed by atoms with Gasteiger partial charge in [-0.15, -0.1) is 0 Å². The smallest absolute Gasteiger partial charge is 0.419 e. The fraction of sp³-hybridized carbons (Fsp3) is 0.417. The van der Waals surface area contributed by atoms with E-state index in [0.717, 1.165) is 13.2 Å². The summed E-state index contributed by atoms with van der Waals surface area (Å²) in [6.07, 6.45) is -4.84. The molecule has 2 rings (SSSR count). The molecule has 1 aromatic carbocycles. The summed E-state index contributed by atoms with van der Waals surface area (Å²) in [6, 6.07) is 2.41. The summed E-state index contributed by atoms with van der Waals surface area (Å²) in [7, 11) is 1.12. The Labute approximate surface area is 121 Å². The fourth-order valence-electron chi connectivity index (χ4n) is 2.12. The molecule has 0 radical (unpaired) electrons. The number of rotatable bonds is 2. The summed E-state index contributed by atoms with van der Waals surface area (Å²) in [5.41, 5.74) is -1.38. The number of halogens is 6. The number of hydrogen-bond donors (Lipinski definition) is 0. The van der Waals surface area contributed by atoms with Crippen molar-refractivity contribution in [3.63, 3.8) is 0 Å². The number of ether oxygens (including phenoxy) is 1. The maximum atomic E-state index is 13.2. The lowest BCUT2D eigenvalue weighted by atomic mass is 10.0. The minimum Gasteiger partial charge on any atom is -0.469 e. The second-order valence-corrected chi connectivity index (χ2v) is 5.83. The van der Waals surface area contributed by atoms with Gasteiger partial charge < -0.3 is 4.74 Å². The Balaban J connectivity index is 2.39. The van der Waals surface area contributed by atoms with E-state index in [1.165, 1.54) is 0 Å². The first-order chi connectivity index (χ1) is 9.10. The van der Waals surface area contributed by atoms with Gasteiger partial charge in [-0.2, -0.15) is 13.2 Å². The van der Waals surface area contributed by atoms with E-state index in [1.807, 2.05) is 0 Å². The van der Waals surface area contributed by atoms with E-state index in [2.05, 4.69) is 4.74 Å². The van der Waals surface area contributed by atoms with E-state index < -0.39 is 39.7 Å². The first kappa shape index (κ1) is 15.4. The SMILES string of the molecule is COC(=O)C1C(c2ccc(F)c(C(F)(F)F)c2)C1(Cl)Cl. The minimum absolute atomic E-state index is 0.0409. The predicted octanol–water partition coefficient (Wildman–Crippen LogP) is 3.90. The van der Waals surface area contributed by atoms with E-state index in [0.29, 0.717) is 12.1 Å². The molecule has 1 aromatic rings. The van der Waals surface area contributed by atoms with E-state index >= 15 is 0 Å². The highest BCUT2D eigenvalue weighted by atomic mass is 35.5. The fourth-order valence-corrected chi connectivity index (χ4v) is 2.92. The third-order valence-corrected chi connectivity index (χ3v) is 4.10. The summed E-state index contributed by atoms with van der Waals surface area (Å²) in [5.74, 6) is -3.95. The number of hydrogen-bond acceptors (Lipinski definition) is 2. The number of esters is 1. The molecule has 0 N–H and O–H groups in total. The van der Waals surface area contributed by atoms with Gasteiger partial charge in [-0.25, -0.2) is 4.39 Å². The van der Waals surface area contributed by atoms with Gasteiger partial charge in [0.25, 0.3) is 0 Å². The van der Waals surface area contributed by atoms with Crippen LogP contribution in [0.3, 0.4) is 0 Å². The monoisotopic (exact) mass is 330 g/mol. The van der Waals surface area contributed by atoms with Gasteiger partial charge in [0.2, 0.25) is 0 Å². The van der Waals surface area contributed by atoms with E-state index in [4.69, 9.17) is 23.2 Å². The quantitative estimate of drug-likeness (QED) is 0.467. The molecule has 1 fully saturated rings. The van der Waals surface area contributed by atoms with Crippen molar-refractivity contribution in [3.05, 3.63) is 35.1 Å². The van der Waals surface area contributed by atoms with Crippen LogP contribution >= 0.6 is 23.2 Å². The molecule has 1 aliphatic rings. The topological polar surface area (TPSA) is 26.3 Å². The third kappa shape index (κ3) is 2.46. The Hall–Kier alpha value is -1.01.